The molecular weight excluding hydrogens is 455 g/mol. The molecule has 2 rings (SSSR count). The van der Waals surface area contributed by atoms with Crippen molar-refractivity contribution in [2.24, 2.45) is 5.92 Å². The molecule has 0 unspecified atom stereocenters. The van der Waals surface area contributed by atoms with Gasteiger partial charge < -0.3 is 20.7 Å². The second kappa shape index (κ2) is 13.0. The van der Waals surface area contributed by atoms with Crippen molar-refractivity contribution in [3.8, 4) is 0 Å². The average Bonchev–Trinajstić information content (AvgIpc) is 2.78. The first kappa shape index (κ1) is 27.2. The summed E-state index contributed by atoms with van der Waals surface area (Å²) >= 11 is 4.16. The lowest BCUT2D eigenvalue weighted by Crippen LogP contribution is -2.48. The Kier molecular flexibility index (Phi) is 10.4. The zero-order chi connectivity index (χ0) is 25.3. The van der Waals surface area contributed by atoms with Gasteiger partial charge in [-0.1, -0.05) is 31.5 Å². The minimum atomic E-state index is -0.986. The molecule has 2 atom stereocenters. The van der Waals surface area contributed by atoms with Gasteiger partial charge in [0.1, 0.15) is 31.4 Å². The number of esters is 1. The maximum absolute atomic E-state index is 12.9. The van der Waals surface area contributed by atoms with E-state index < -0.39 is 29.9 Å². The summed E-state index contributed by atoms with van der Waals surface area (Å²) in [5.41, 5.74) is 1.35. The number of nitrogens with zero attached hydrogens (tertiary/aromatic N) is 1. The lowest BCUT2D eigenvalue weighted by Gasteiger charge is -2.24. The van der Waals surface area contributed by atoms with Crippen molar-refractivity contribution in [2.45, 2.75) is 52.3 Å². The zero-order valence-electron chi connectivity index (χ0n) is 19.9. The molecule has 0 saturated carbocycles. The quantitative estimate of drug-likeness (QED) is 0.155. The van der Waals surface area contributed by atoms with Gasteiger partial charge >= 0.3 is 5.97 Å². The standard InChI is InChI=1S/C23H31BN4O5S/c1-4-17-21(30)28-20(13(2)3)23(32)33-16(7-5-6-8-34)11-19(29)25-12-15-9-14(24)10-18(26-15)22(31)27-17/h4-5,7,9-10,13,16,20,34H,6,8,11-12,24H2,1-3H3,(H,25,29)(H,27,31)(H,28,30)/b7-5+,17-4-/t16-,20+/m1/s1. The van der Waals surface area contributed by atoms with Crippen molar-refractivity contribution >= 4 is 49.6 Å². The van der Waals surface area contributed by atoms with E-state index in [4.69, 9.17) is 4.74 Å². The van der Waals surface area contributed by atoms with Gasteiger partial charge in [0, 0.05) is 0 Å². The van der Waals surface area contributed by atoms with Crippen LogP contribution >= 0.6 is 12.6 Å². The van der Waals surface area contributed by atoms with Crippen LogP contribution in [0, 0.1) is 5.92 Å². The highest BCUT2D eigenvalue weighted by atomic mass is 32.1. The smallest absolute Gasteiger partial charge is 0.329 e. The first-order chi connectivity index (χ1) is 16.1. The predicted molar refractivity (Wildman–Crippen MR) is 134 cm³/mol. The Labute approximate surface area is 206 Å². The second-order valence-corrected chi connectivity index (χ2v) is 8.72. The van der Waals surface area contributed by atoms with E-state index in [1.807, 2.05) is 0 Å². The maximum atomic E-state index is 12.9. The lowest BCUT2D eigenvalue weighted by atomic mass is 9.95. The van der Waals surface area contributed by atoms with Crippen molar-refractivity contribution in [3.05, 3.63) is 47.4 Å². The molecule has 0 saturated heterocycles. The number of fused-ring (bicyclic) bond motifs is 2. The van der Waals surface area contributed by atoms with Gasteiger partial charge in [0.05, 0.1) is 18.7 Å². The van der Waals surface area contributed by atoms with Crippen LogP contribution in [-0.4, -0.2) is 54.4 Å². The molecule has 0 spiro atoms. The Morgan fingerprint density at radius 3 is 2.62 bits per heavy atom. The number of allylic oxidation sites excluding steroid dienone is 2. The van der Waals surface area contributed by atoms with Crippen LogP contribution in [0.15, 0.2) is 36.1 Å². The molecule has 3 N–H and O–H groups in total. The predicted octanol–water partition coefficient (Wildman–Crippen LogP) is -0.0778. The van der Waals surface area contributed by atoms with E-state index in [2.05, 4.69) is 33.6 Å². The summed E-state index contributed by atoms with van der Waals surface area (Å²) in [6.45, 7) is 5.21. The van der Waals surface area contributed by atoms with Crippen LogP contribution in [0.4, 0.5) is 0 Å². The molecule has 9 nitrogen and oxygen atoms in total. The van der Waals surface area contributed by atoms with Gasteiger partial charge in [-0.15, -0.1) is 0 Å². The summed E-state index contributed by atoms with van der Waals surface area (Å²) in [6.07, 6.45) is 4.60. The number of cyclic esters (lactones) is 1. The van der Waals surface area contributed by atoms with Crippen molar-refractivity contribution in [2.75, 3.05) is 5.75 Å². The second-order valence-electron chi connectivity index (χ2n) is 8.27. The molecule has 3 amide bonds. The SMILES string of the molecule is Bc1cc2nc(c1)C(=O)N/C(=C\C)C(=O)N[C@@H](C(C)C)C(=O)O[C@H](/C=C/CCS)CC(=O)NC2. The highest BCUT2D eigenvalue weighted by molar-refractivity contribution is 7.80. The number of aromatic nitrogens is 1. The highest BCUT2D eigenvalue weighted by Crippen LogP contribution is 2.11. The molecule has 1 aromatic rings. The molecule has 182 valence electrons. The van der Waals surface area contributed by atoms with E-state index in [0.29, 0.717) is 17.9 Å². The summed E-state index contributed by atoms with van der Waals surface area (Å²) in [6, 6.07) is 2.35. The van der Waals surface area contributed by atoms with Crippen LogP contribution in [0.1, 0.15) is 49.8 Å². The monoisotopic (exact) mass is 486 g/mol. The van der Waals surface area contributed by atoms with E-state index in [1.165, 1.54) is 6.08 Å². The van der Waals surface area contributed by atoms with E-state index in [1.54, 1.807) is 52.9 Å². The summed E-state index contributed by atoms with van der Waals surface area (Å²) in [5, 5.41) is 7.94. The highest BCUT2D eigenvalue weighted by Gasteiger charge is 2.30. The average molecular weight is 486 g/mol. The first-order valence-electron chi connectivity index (χ1n) is 11.1. The number of hydrogen-bond donors (Lipinski definition) is 4. The van der Waals surface area contributed by atoms with E-state index in [9.17, 15) is 19.2 Å². The Bertz CT molecular complexity index is 996. The summed E-state index contributed by atoms with van der Waals surface area (Å²) < 4.78 is 5.59. The van der Waals surface area contributed by atoms with E-state index in [0.717, 1.165) is 5.46 Å². The number of carbonyl (C=O) groups is 4. The van der Waals surface area contributed by atoms with Crippen LogP contribution in [0.2, 0.25) is 0 Å². The van der Waals surface area contributed by atoms with Crippen LogP contribution in [-0.2, 0) is 25.7 Å². The summed E-state index contributed by atoms with van der Waals surface area (Å²) in [7, 11) is 1.81. The number of amides is 3. The Morgan fingerprint density at radius 1 is 1.24 bits per heavy atom. The van der Waals surface area contributed by atoms with Gasteiger partial charge in [-0.25, -0.2) is 9.78 Å². The van der Waals surface area contributed by atoms with Gasteiger partial charge in [0.2, 0.25) is 5.91 Å². The lowest BCUT2D eigenvalue weighted by molar-refractivity contribution is -0.153. The topological polar surface area (TPSA) is 126 Å². The Hall–Kier alpha value is -3.08. The first-order valence-corrected chi connectivity index (χ1v) is 11.8. The number of thiol groups is 1. The van der Waals surface area contributed by atoms with Crippen LogP contribution in [0.5, 0.6) is 0 Å². The summed E-state index contributed by atoms with van der Waals surface area (Å²) in [4.78, 5) is 55.5. The number of carbonyl (C=O) groups excluding carboxylic acids is 4. The Morgan fingerprint density at radius 2 is 1.97 bits per heavy atom. The molecule has 0 fully saturated rings. The fourth-order valence-electron chi connectivity index (χ4n) is 3.25. The number of hydrogen-bond acceptors (Lipinski definition) is 7. The normalized spacial score (nSPS) is 21.9. The maximum Gasteiger partial charge on any atom is 0.329 e. The van der Waals surface area contributed by atoms with Crippen LogP contribution in [0.25, 0.3) is 0 Å². The van der Waals surface area contributed by atoms with Crippen LogP contribution < -0.4 is 21.4 Å². The fourth-order valence-corrected chi connectivity index (χ4v) is 3.40. The molecule has 1 aromatic heterocycles. The summed E-state index contributed by atoms with van der Waals surface area (Å²) in [5.74, 6) is -1.94. The zero-order valence-corrected chi connectivity index (χ0v) is 20.8. The molecular formula is C23H31BN4O5S. The van der Waals surface area contributed by atoms with Crippen molar-refractivity contribution in [3.63, 3.8) is 0 Å². The molecule has 34 heavy (non-hydrogen) atoms. The van der Waals surface area contributed by atoms with Crippen molar-refractivity contribution in [1.29, 1.82) is 0 Å². The fraction of sp³-hybridized carbons (Fsp3) is 0.435. The number of pyridine rings is 1. The van der Waals surface area contributed by atoms with Gasteiger partial charge in [0.15, 0.2) is 0 Å². The molecule has 0 aliphatic carbocycles. The third-order valence-corrected chi connectivity index (χ3v) is 5.27. The minimum Gasteiger partial charge on any atom is -0.456 e. The van der Waals surface area contributed by atoms with Crippen LogP contribution in [0.3, 0.4) is 0 Å². The van der Waals surface area contributed by atoms with Gasteiger partial charge in [-0.2, -0.15) is 12.6 Å². The molecule has 2 heterocycles. The molecule has 11 heteroatoms. The number of rotatable bonds is 4. The number of ether oxygens (including phenoxy) is 1. The molecule has 0 aromatic carbocycles. The third kappa shape index (κ3) is 8.05. The molecule has 1 aliphatic rings. The molecule has 0 radical (unpaired) electrons. The van der Waals surface area contributed by atoms with Crippen molar-refractivity contribution in [1.82, 2.24) is 20.9 Å². The third-order valence-electron chi connectivity index (χ3n) is 5.01. The minimum absolute atomic E-state index is 0.0149. The van der Waals surface area contributed by atoms with Gasteiger partial charge in [0.25, 0.3) is 11.8 Å². The van der Waals surface area contributed by atoms with E-state index in [-0.39, 0.29) is 36.2 Å². The Balaban J connectivity index is 2.44. The molecule has 1 aliphatic heterocycles. The van der Waals surface area contributed by atoms with E-state index >= 15 is 0 Å². The number of nitrogens with one attached hydrogen (secondary N) is 3. The largest absolute Gasteiger partial charge is 0.456 e. The van der Waals surface area contributed by atoms with Gasteiger partial charge in [-0.3, -0.25) is 14.4 Å². The molecule has 2 bridgehead atoms. The van der Waals surface area contributed by atoms with Crippen molar-refractivity contribution < 1.29 is 23.9 Å². The van der Waals surface area contributed by atoms with Gasteiger partial charge in [-0.05, 0) is 43.2 Å².